The highest BCUT2D eigenvalue weighted by molar-refractivity contribution is 6.20. The highest BCUT2D eigenvalue weighted by atomic mass is 16.6. The first-order valence-electron chi connectivity index (χ1n) is 4.62. The van der Waals surface area contributed by atoms with Gasteiger partial charge in [0, 0.05) is 27.0 Å². The minimum absolute atomic E-state index is 0.0612. The average molecular weight is 200 g/mol. The van der Waals surface area contributed by atoms with Crippen molar-refractivity contribution in [1.29, 1.82) is 0 Å². The van der Waals surface area contributed by atoms with Crippen LogP contribution < -0.4 is 0 Å². The fourth-order valence-corrected chi connectivity index (χ4v) is 1.66. The van der Waals surface area contributed by atoms with Crippen LogP contribution in [0.1, 0.15) is 0 Å². The molecule has 4 nitrogen and oxygen atoms in total. The molecule has 0 fully saturated rings. The lowest BCUT2D eigenvalue weighted by molar-refractivity contribution is -0.116. The molecule has 0 saturated carbocycles. The minimum atomic E-state index is -0.108. The zero-order valence-corrected chi connectivity index (χ0v) is 9.15. The summed E-state index contributed by atoms with van der Waals surface area (Å²) in [7, 11) is 6.86. The van der Waals surface area contributed by atoms with Crippen LogP contribution in [0.25, 0.3) is 0 Å². The predicted octanol–water partition coefficient (Wildman–Crippen LogP) is -0.464. The van der Waals surface area contributed by atoms with Gasteiger partial charge < -0.3 is 18.9 Å². The lowest BCUT2D eigenvalue weighted by Gasteiger charge is -2.35. The third kappa shape index (κ3) is 2.50. The lowest BCUT2D eigenvalue weighted by Crippen LogP contribution is -2.46. The molecule has 3 atom stereocenters. The molecule has 3 unspecified atom stereocenters. The molecule has 0 aromatic rings. The summed E-state index contributed by atoms with van der Waals surface area (Å²) in [4.78, 5) is 0. The van der Waals surface area contributed by atoms with Crippen molar-refractivity contribution in [2.24, 2.45) is 0 Å². The zero-order valence-electron chi connectivity index (χ0n) is 9.15. The average Bonchev–Trinajstić information content (AvgIpc) is 2.17. The van der Waals surface area contributed by atoms with E-state index < -0.39 is 0 Å². The van der Waals surface area contributed by atoms with Crippen molar-refractivity contribution in [1.82, 2.24) is 0 Å². The summed E-state index contributed by atoms with van der Waals surface area (Å²) >= 11 is 0. The molecule has 5 heteroatoms. The second-order valence-corrected chi connectivity index (χ2v) is 3.29. The number of rotatable bonds is 4. The van der Waals surface area contributed by atoms with Crippen LogP contribution >= 0.6 is 0 Å². The van der Waals surface area contributed by atoms with Gasteiger partial charge in [-0.2, -0.15) is 0 Å². The standard InChI is InChI=1S/C9H17BO4/c1-11-5-7-9(13-3)6(12-2)4-8(10)14-7/h4,6-7,9H,5,10H2,1-3H3. The summed E-state index contributed by atoms with van der Waals surface area (Å²) in [6.07, 6.45) is 1.65. The number of methoxy groups -OCH3 is 3. The smallest absolute Gasteiger partial charge is 0.185 e. The number of hydrogen-bond acceptors (Lipinski definition) is 4. The van der Waals surface area contributed by atoms with Crippen LogP contribution in [-0.2, 0) is 18.9 Å². The molecular formula is C9H17BO4. The van der Waals surface area contributed by atoms with Crippen molar-refractivity contribution in [3.63, 3.8) is 0 Å². The Morgan fingerprint density at radius 3 is 2.57 bits per heavy atom. The third-order valence-electron chi connectivity index (χ3n) is 2.30. The molecular weight excluding hydrogens is 183 g/mol. The highest BCUT2D eigenvalue weighted by Gasteiger charge is 2.33. The molecule has 0 N–H and O–H groups in total. The molecule has 80 valence electrons. The highest BCUT2D eigenvalue weighted by Crippen LogP contribution is 2.20. The Hall–Kier alpha value is -0.515. The fraction of sp³-hybridized carbons (Fsp3) is 0.778. The van der Waals surface area contributed by atoms with Crippen LogP contribution in [0.15, 0.2) is 11.7 Å². The molecule has 0 amide bonds. The zero-order chi connectivity index (χ0) is 10.6. The van der Waals surface area contributed by atoms with Gasteiger partial charge in [-0.05, 0) is 6.08 Å². The van der Waals surface area contributed by atoms with E-state index in [-0.39, 0.29) is 18.3 Å². The van der Waals surface area contributed by atoms with Crippen LogP contribution in [0.2, 0.25) is 0 Å². The van der Waals surface area contributed by atoms with Crippen molar-refractivity contribution in [3.8, 4) is 0 Å². The topological polar surface area (TPSA) is 36.9 Å². The molecule has 0 aromatic carbocycles. The Kier molecular flexibility index (Phi) is 4.45. The number of ether oxygens (including phenoxy) is 4. The van der Waals surface area contributed by atoms with Gasteiger partial charge in [-0.15, -0.1) is 0 Å². The summed E-state index contributed by atoms with van der Waals surface area (Å²) in [5.74, 6) is 0. The summed E-state index contributed by atoms with van der Waals surface area (Å²) in [6.45, 7) is 0.504. The van der Waals surface area contributed by atoms with E-state index >= 15 is 0 Å². The molecule has 1 rings (SSSR count). The van der Waals surface area contributed by atoms with Gasteiger partial charge in [-0.3, -0.25) is 0 Å². The van der Waals surface area contributed by atoms with E-state index in [1.807, 2.05) is 13.9 Å². The van der Waals surface area contributed by atoms with Crippen LogP contribution in [-0.4, -0.2) is 54.1 Å². The second kappa shape index (κ2) is 5.39. The minimum Gasteiger partial charge on any atom is -0.501 e. The molecule has 0 aromatic heterocycles. The van der Waals surface area contributed by atoms with E-state index in [4.69, 9.17) is 18.9 Å². The Morgan fingerprint density at radius 1 is 1.36 bits per heavy atom. The summed E-state index contributed by atoms with van der Waals surface area (Å²) in [6, 6.07) is 0. The Labute approximate surface area is 85.6 Å². The van der Waals surface area contributed by atoms with Crippen molar-refractivity contribution < 1.29 is 18.9 Å². The Morgan fingerprint density at radius 2 is 2.07 bits per heavy atom. The van der Waals surface area contributed by atoms with Gasteiger partial charge in [0.1, 0.15) is 18.3 Å². The van der Waals surface area contributed by atoms with E-state index in [0.717, 1.165) is 5.66 Å². The van der Waals surface area contributed by atoms with Crippen LogP contribution in [0, 0.1) is 0 Å². The third-order valence-corrected chi connectivity index (χ3v) is 2.30. The van der Waals surface area contributed by atoms with Crippen LogP contribution in [0.5, 0.6) is 0 Å². The molecule has 14 heavy (non-hydrogen) atoms. The lowest BCUT2D eigenvalue weighted by atomic mass is 9.97. The van der Waals surface area contributed by atoms with Gasteiger partial charge in [0.05, 0.1) is 6.61 Å². The molecule has 0 spiro atoms. The van der Waals surface area contributed by atoms with Gasteiger partial charge in [0.15, 0.2) is 7.85 Å². The molecule has 0 aliphatic carbocycles. The molecule has 0 radical (unpaired) electrons. The summed E-state index contributed by atoms with van der Waals surface area (Å²) in [5.41, 5.74) is 0.854. The van der Waals surface area contributed by atoms with E-state index in [2.05, 4.69) is 0 Å². The molecule has 0 bridgehead atoms. The maximum atomic E-state index is 5.59. The Balaban J connectivity index is 2.72. The Bertz CT molecular complexity index is 207. The maximum Gasteiger partial charge on any atom is 0.185 e. The van der Waals surface area contributed by atoms with Crippen LogP contribution in [0.3, 0.4) is 0 Å². The predicted molar refractivity (Wildman–Crippen MR) is 55.0 cm³/mol. The van der Waals surface area contributed by atoms with Gasteiger partial charge in [-0.1, -0.05) is 0 Å². The fourth-order valence-electron chi connectivity index (χ4n) is 1.66. The monoisotopic (exact) mass is 200 g/mol. The number of hydrogen-bond donors (Lipinski definition) is 0. The first-order valence-corrected chi connectivity index (χ1v) is 4.62. The van der Waals surface area contributed by atoms with Gasteiger partial charge in [0.25, 0.3) is 0 Å². The largest absolute Gasteiger partial charge is 0.501 e. The van der Waals surface area contributed by atoms with E-state index in [0.29, 0.717) is 6.61 Å². The van der Waals surface area contributed by atoms with Crippen molar-refractivity contribution in [2.75, 3.05) is 27.9 Å². The quantitative estimate of drug-likeness (QED) is 0.575. The normalized spacial score (nSPS) is 32.2. The molecule has 0 saturated heterocycles. The molecule has 1 aliphatic heterocycles. The summed E-state index contributed by atoms with van der Waals surface area (Å²) in [5, 5.41) is 0. The second-order valence-electron chi connectivity index (χ2n) is 3.29. The maximum absolute atomic E-state index is 5.59. The van der Waals surface area contributed by atoms with Crippen molar-refractivity contribution in [2.45, 2.75) is 18.3 Å². The SMILES string of the molecule is BC1=CC(OC)C(OC)C(COC)O1. The van der Waals surface area contributed by atoms with E-state index in [9.17, 15) is 0 Å². The van der Waals surface area contributed by atoms with Gasteiger partial charge >= 0.3 is 0 Å². The van der Waals surface area contributed by atoms with Crippen LogP contribution in [0.4, 0.5) is 0 Å². The van der Waals surface area contributed by atoms with E-state index in [1.54, 1.807) is 21.3 Å². The van der Waals surface area contributed by atoms with Gasteiger partial charge in [0.2, 0.25) is 0 Å². The molecule has 1 heterocycles. The first kappa shape index (κ1) is 11.6. The molecule has 1 aliphatic rings. The van der Waals surface area contributed by atoms with Crippen molar-refractivity contribution >= 4 is 7.85 Å². The van der Waals surface area contributed by atoms with Gasteiger partial charge in [-0.25, -0.2) is 0 Å². The van der Waals surface area contributed by atoms with E-state index in [1.165, 1.54) is 0 Å². The summed E-state index contributed by atoms with van der Waals surface area (Å²) < 4.78 is 21.3. The van der Waals surface area contributed by atoms with Crippen molar-refractivity contribution in [3.05, 3.63) is 11.7 Å². The first-order chi connectivity index (χ1) is 6.72.